The Morgan fingerprint density at radius 2 is 1.03 bits per heavy atom. The third kappa shape index (κ3) is 4.39. The van der Waals surface area contributed by atoms with E-state index in [-0.39, 0.29) is 0 Å². The van der Waals surface area contributed by atoms with Gasteiger partial charge in [0.25, 0.3) is 0 Å². The normalized spacial score (nSPS) is 11.0. The van der Waals surface area contributed by atoms with Crippen LogP contribution in [0.25, 0.3) is 21.9 Å². The molecule has 0 aliphatic heterocycles. The van der Waals surface area contributed by atoms with Crippen molar-refractivity contribution in [2.75, 3.05) is 0 Å². The van der Waals surface area contributed by atoms with Crippen LogP contribution in [-0.2, 0) is 13.2 Å². The highest BCUT2D eigenvalue weighted by Gasteiger charge is 2.04. The van der Waals surface area contributed by atoms with E-state index in [9.17, 15) is 9.59 Å². The van der Waals surface area contributed by atoms with Crippen LogP contribution in [0.5, 0.6) is 11.5 Å². The minimum absolute atomic E-state index is 0.359. The van der Waals surface area contributed by atoms with Gasteiger partial charge >= 0.3 is 11.3 Å². The second kappa shape index (κ2) is 8.43. The molecule has 0 saturated heterocycles. The van der Waals surface area contributed by atoms with Crippen LogP contribution in [0.1, 0.15) is 11.1 Å². The summed E-state index contributed by atoms with van der Waals surface area (Å²) in [6.45, 7) is 0.717. The van der Waals surface area contributed by atoms with Gasteiger partial charge in [-0.05, 0) is 53.6 Å². The van der Waals surface area contributed by atoms with Gasteiger partial charge in [-0.3, -0.25) is 0 Å². The number of fused-ring (bicyclic) bond motifs is 2. The largest absolute Gasteiger partial charge is 0.489 e. The molecule has 6 heteroatoms. The van der Waals surface area contributed by atoms with E-state index < -0.39 is 11.3 Å². The van der Waals surface area contributed by atoms with Crippen LogP contribution in [0.4, 0.5) is 0 Å². The molecule has 0 unspecified atom stereocenters. The Morgan fingerprint density at radius 1 is 0.562 bits per heavy atom. The minimum Gasteiger partial charge on any atom is -0.489 e. The lowest BCUT2D eigenvalue weighted by atomic mass is 10.1. The maximum Gasteiger partial charge on any atom is 0.336 e. The van der Waals surface area contributed by atoms with Gasteiger partial charge < -0.3 is 18.3 Å². The van der Waals surface area contributed by atoms with E-state index in [2.05, 4.69) is 0 Å². The lowest BCUT2D eigenvalue weighted by Crippen LogP contribution is -2.00. The average Bonchev–Trinajstić information content (AvgIpc) is 2.81. The second-order valence-corrected chi connectivity index (χ2v) is 7.31. The zero-order valence-electron chi connectivity index (χ0n) is 16.9. The lowest BCUT2D eigenvalue weighted by molar-refractivity contribution is 0.300. The van der Waals surface area contributed by atoms with Crippen molar-refractivity contribution >= 4 is 21.9 Å². The fraction of sp³-hybridized carbons (Fsp3) is 0.0769. The molecule has 2 aromatic heterocycles. The van der Waals surface area contributed by atoms with E-state index in [0.717, 1.165) is 21.9 Å². The predicted octanol–water partition coefficient (Wildman–Crippen LogP) is 5.06. The van der Waals surface area contributed by atoms with Crippen molar-refractivity contribution in [3.05, 3.63) is 117 Å². The molecule has 0 radical (unpaired) electrons. The van der Waals surface area contributed by atoms with E-state index in [4.69, 9.17) is 18.3 Å². The first-order valence-corrected chi connectivity index (χ1v) is 10.0. The van der Waals surface area contributed by atoms with E-state index in [1.165, 1.54) is 12.1 Å². The van der Waals surface area contributed by atoms with Gasteiger partial charge in [0.1, 0.15) is 35.9 Å². The molecule has 5 aromatic rings. The molecule has 158 valence electrons. The molecule has 0 atom stereocenters. The molecule has 0 amide bonds. The molecule has 0 N–H and O–H groups in total. The molecule has 0 bridgehead atoms. The van der Waals surface area contributed by atoms with E-state index in [1.54, 1.807) is 24.3 Å². The van der Waals surface area contributed by atoms with Crippen molar-refractivity contribution < 1.29 is 18.3 Å². The summed E-state index contributed by atoms with van der Waals surface area (Å²) in [6.07, 6.45) is 0. The smallest absolute Gasteiger partial charge is 0.336 e. The van der Waals surface area contributed by atoms with Gasteiger partial charge in [0, 0.05) is 35.0 Å². The van der Waals surface area contributed by atoms with Crippen LogP contribution in [0.15, 0.2) is 103 Å². The van der Waals surface area contributed by atoms with Crippen LogP contribution in [0.2, 0.25) is 0 Å². The number of ether oxygens (including phenoxy) is 2. The van der Waals surface area contributed by atoms with Gasteiger partial charge in [-0.15, -0.1) is 0 Å². The minimum atomic E-state index is -0.393. The summed E-state index contributed by atoms with van der Waals surface area (Å²) in [5.41, 5.74) is 2.15. The summed E-state index contributed by atoms with van der Waals surface area (Å²) < 4.78 is 22.2. The molecule has 0 saturated carbocycles. The molecule has 0 aliphatic carbocycles. The fourth-order valence-electron chi connectivity index (χ4n) is 3.40. The topological polar surface area (TPSA) is 78.9 Å². The predicted molar refractivity (Wildman–Crippen MR) is 120 cm³/mol. The van der Waals surface area contributed by atoms with Crippen molar-refractivity contribution in [3.63, 3.8) is 0 Å². The molecule has 0 aliphatic rings. The zero-order valence-corrected chi connectivity index (χ0v) is 16.9. The van der Waals surface area contributed by atoms with Crippen molar-refractivity contribution in [3.8, 4) is 11.5 Å². The summed E-state index contributed by atoms with van der Waals surface area (Å²) in [5, 5.41) is 1.67. The summed E-state index contributed by atoms with van der Waals surface area (Å²) in [5.74, 6) is 1.23. The highest BCUT2D eigenvalue weighted by molar-refractivity contribution is 5.78. The standard InChI is InChI=1S/C26H18O6/c27-25-10-6-19-4-8-21(13-23(19)31-25)29-15-17-2-1-3-18(12-17)16-30-22-9-5-20-7-11-26(28)32-24(20)14-22/h1-14H,15-16H2. The van der Waals surface area contributed by atoms with Crippen LogP contribution in [0, 0.1) is 0 Å². The zero-order chi connectivity index (χ0) is 21.9. The third-order valence-electron chi connectivity index (χ3n) is 4.99. The summed E-state index contributed by atoms with van der Waals surface area (Å²) in [4.78, 5) is 22.8. The lowest BCUT2D eigenvalue weighted by Gasteiger charge is -2.10. The van der Waals surface area contributed by atoms with Crippen molar-refractivity contribution in [2.24, 2.45) is 0 Å². The van der Waals surface area contributed by atoms with Crippen LogP contribution in [-0.4, -0.2) is 0 Å². The summed E-state index contributed by atoms with van der Waals surface area (Å²) >= 11 is 0. The Morgan fingerprint density at radius 3 is 1.53 bits per heavy atom. The Hall–Kier alpha value is -4.32. The van der Waals surface area contributed by atoms with Crippen LogP contribution >= 0.6 is 0 Å². The Balaban J connectivity index is 1.25. The third-order valence-corrected chi connectivity index (χ3v) is 4.99. The maximum absolute atomic E-state index is 11.4. The molecular formula is C26H18O6. The number of hydrogen-bond acceptors (Lipinski definition) is 6. The quantitative estimate of drug-likeness (QED) is 0.353. The maximum atomic E-state index is 11.4. The summed E-state index contributed by atoms with van der Waals surface area (Å²) in [7, 11) is 0. The molecule has 6 nitrogen and oxygen atoms in total. The van der Waals surface area contributed by atoms with Crippen molar-refractivity contribution in [2.45, 2.75) is 13.2 Å². The highest BCUT2D eigenvalue weighted by atomic mass is 16.5. The van der Waals surface area contributed by atoms with Crippen LogP contribution < -0.4 is 20.7 Å². The fourth-order valence-corrected chi connectivity index (χ4v) is 3.40. The van der Waals surface area contributed by atoms with Gasteiger partial charge in [0.2, 0.25) is 0 Å². The van der Waals surface area contributed by atoms with Gasteiger partial charge in [0.15, 0.2) is 0 Å². The first-order valence-electron chi connectivity index (χ1n) is 10.0. The number of benzene rings is 3. The second-order valence-electron chi connectivity index (χ2n) is 7.31. The Labute approximate surface area is 182 Å². The van der Waals surface area contributed by atoms with Gasteiger partial charge in [-0.25, -0.2) is 9.59 Å². The number of hydrogen-bond donors (Lipinski definition) is 0. The number of rotatable bonds is 6. The van der Waals surface area contributed by atoms with Crippen LogP contribution in [0.3, 0.4) is 0 Å². The van der Waals surface area contributed by atoms with Gasteiger partial charge in [0.05, 0.1) is 0 Å². The van der Waals surface area contributed by atoms with E-state index >= 15 is 0 Å². The summed E-state index contributed by atoms with van der Waals surface area (Å²) in [6, 6.07) is 24.9. The Kier molecular flexibility index (Phi) is 5.17. The highest BCUT2D eigenvalue weighted by Crippen LogP contribution is 2.22. The molecule has 0 spiro atoms. The SMILES string of the molecule is O=c1ccc2ccc(OCc3cccc(COc4ccc5ccc(=O)oc5c4)c3)cc2o1. The molecule has 3 aromatic carbocycles. The van der Waals surface area contributed by atoms with Gasteiger partial charge in [-0.2, -0.15) is 0 Å². The van der Waals surface area contributed by atoms with E-state index in [0.29, 0.717) is 35.9 Å². The first kappa shape index (κ1) is 19.6. The molecule has 2 heterocycles. The van der Waals surface area contributed by atoms with Gasteiger partial charge in [-0.1, -0.05) is 18.2 Å². The van der Waals surface area contributed by atoms with Crippen molar-refractivity contribution in [1.29, 1.82) is 0 Å². The van der Waals surface area contributed by atoms with E-state index in [1.807, 2.05) is 48.5 Å². The molecule has 32 heavy (non-hydrogen) atoms. The Bertz CT molecular complexity index is 1420. The van der Waals surface area contributed by atoms with Crippen molar-refractivity contribution in [1.82, 2.24) is 0 Å². The molecule has 0 fully saturated rings. The monoisotopic (exact) mass is 426 g/mol. The average molecular weight is 426 g/mol. The first-order chi connectivity index (χ1) is 15.6. The molecule has 5 rings (SSSR count). The molecular weight excluding hydrogens is 408 g/mol.